The number of rotatable bonds is 8. The molecule has 1 aliphatic heterocycles. The third-order valence-corrected chi connectivity index (χ3v) is 3.94. The molecule has 0 aliphatic carbocycles. The van der Waals surface area contributed by atoms with Crippen LogP contribution in [0.4, 0.5) is 5.69 Å². The van der Waals surface area contributed by atoms with Crippen molar-refractivity contribution in [2.45, 2.75) is 38.6 Å². The van der Waals surface area contributed by atoms with Gasteiger partial charge in [0.2, 0.25) is 0 Å². The summed E-state index contributed by atoms with van der Waals surface area (Å²) in [7, 11) is 0. The number of nitrogens with zero attached hydrogens (tertiary/aromatic N) is 1. The summed E-state index contributed by atoms with van der Waals surface area (Å²) in [5.74, 6) is 0. The fraction of sp³-hybridized carbons (Fsp3) is 0.647. The highest BCUT2D eigenvalue weighted by atomic mass is 16.5. The lowest BCUT2D eigenvalue weighted by atomic mass is 10.1. The number of anilines is 1. The average Bonchev–Trinajstić information content (AvgIpc) is 2.52. The predicted molar refractivity (Wildman–Crippen MR) is 85.4 cm³/mol. The van der Waals surface area contributed by atoms with Crippen LogP contribution >= 0.6 is 0 Å². The van der Waals surface area contributed by atoms with Crippen LogP contribution in [0.15, 0.2) is 30.3 Å². The SMILES string of the molecule is CCCCN(CCNC1CCOCC1)c1ccccc1. The normalized spacial score (nSPS) is 16.2. The standard InChI is InChI=1S/C17H28N2O/c1-2-3-12-19(17-7-5-4-6-8-17)13-11-18-16-9-14-20-15-10-16/h4-8,16,18H,2-3,9-15H2,1H3. The van der Waals surface area contributed by atoms with E-state index in [0.29, 0.717) is 6.04 Å². The average molecular weight is 276 g/mol. The maximum absolute atomic E-state index is 5.40. The first kappa shape index (κ1) is 15.3. The maximum atomic E-state index is 5.40. The molecule has 1 N–H and O–H groups in total. The van der Waals surface area contributed by atoms with Crippen LogP contribution in [0.25, 0.3) is 0 Å². The van der Waals surface area contributed by atoms with E-state index in [1.165, 1.54) is 18.5 Å². The molecule has 2 rings (SSSR count). The Kier molecular flexibility index (Phi) is 6.89. The first-order chi connectivity index (χ1) is 9.90. The van der Waals surface area contributed by atoms with Gasteiger partial charge in [0.05, 0.1) is 0 Å². The fourth-order valence-corrected chi connectivity index (χ4v) is 2.66. The lowest BCUT2D eigenvalue weighted by molar-refractivity contribution is 0.0783. The Labute approximate surface area is 123 Å². The Morgan fingerprint density at radius 1 is 1.15 bits per heavy atom. The molecule has 1 aromatic rings. The Morgan fingerprint density at radius 2 is 1.90 bits per heavy atom. The van der Waals surface area contributed by atoms with Crippen LogP contribution in [0.3, 0.4) is 0 Å². The highest BCUT2D eigenvalue weighted by Gasteiger charge is 2.13. The highest BCUT2D eigenvalue weighted by molar-refractivity contribution is 5.45. The number of benzene rings is 1. The Hall–Kier alpha value is -1.06. The van der Waals surface area contributed by atoms with Gasteiger partial charge in [0.25, 0.3) is 0 Å². The predicted octanol–water partition coefficient (Wildman–Crippen LogP) is 3.06. The minimum absolute atomic E-state index is 0.646. The molecule has 1 fully saturated rings. The van der Waals surface area contributed by atoms with Crippen LogP contribution < -0.4 is 10.2 Å². The lowest BCUT2D eigenvalue weighted by Gasteiger charge is -2.28. The lowest BCUT2D eigenvalue weighted by Crippen LogP contribution is -2.40. The summed E-state index contributed by atoms with van der Waals surface area (Å²) in [6, 6.07) is 11.4. The zero-order valence-corrected chi connectivity index (χ0v) is 12.7. The first-order valence-corrected chi connectivity index (χ1v) is 8.01. The smallest absolute Gasteiger partial charge is 0.0480 e. The van der Waals surface area contributed by atoms with Gasteiger partial charge in [-0.1, -0.05) is 31.5 Å². The van der Waals surface area contributed by atoms with Gasteiger partial charge in [-0.25, -0.2) is 0 Å². The second kappa shape index (κ2) is 8.98. The number of ether oxygens (including phenoxy) is 1. The molecule has 0 unspecified atom stereocenters. The van der Waals surface area contributed by atoms with Gasteiger partial charge in [0, 0.05) is 44.6 Å². The molecule has 20 heavy (non-hydrogen) atoms. The molecule has 0 aromatic heterocycles. The van der Waals surface area contributed by atoms with Crippen LogP contribution in [0.5, 0.6) is 0 Å². The quantitative estimate of drug-likeness (QED) is 0.790. The van der Waals surface area contributed by atoms with E-state index in [0.717, 1.165) is 45.7 Å². The third kappa shape index (κ3) is 5.14. The summed E-state index contributed by atoms with van der Waals surface area (Å²) in [6.07, 6.45) is 4.81. The largest absolute Gasteiger partial charge is 0.381 e. The number of nitrogens with one attached hydrogen (secondary N) is 1. The van der Waals surface area contributed by atoms with Gasteiger partial charge in [-0.2, -0.15) is 0 Å². The number of hydrogen-bond acceptors (Lipinski definition) is 3. The molecule has 0 saturated carbocycles. The Morgan fingerprint density at radius 3 is 2.60 bits per heavy atom. The minimum atomic E-state index is 0.646. The molecule has 3 heteroatoms. The molecule has 112 valence electrons. The Balaban J connectivity index is 1.78. The van der Waals surface area contributed by atoms with Crippen LogP contribution in [-0.2, 0) is 4.74 Å². The van der Waals surface area contributed by atoms with E-state index >= 15 is 0 Å². The summed E-state index contributed by atoms with van der Waals surface area (Å²) in [6.45, 7) is 7.37. The second-order valence-electron chi connectivity index (χ2n) is 5.52. The number of para-hydroxylation sites is 1. The topological polar surface area (TPSA) is 24.5 Å². The summed E-state index contributed by atoms with van der Waals surface area (Å²) in [5, 5.41) is 3.68. The van der Waals surface area contributed by atoms with E-state index in [9.17, 15) is 0 Å². The molecule has 1 aliphatic rings. The third-order valence-electron chi connectivity index (χ3n) is 3.94. The highest BCUT2D eigenvalue weighted by Crippen LogP contribution is 2.14. The van der Waals surface area contributed by atoms with Crippen molar-refractivity contribution in [1.82, 2.24) is 5.32 Å². The second-order valence-corrected chi connectivity index (χ2v) is 5.52. The van der Waals surface area contributed by atoms with E-state index in [1.807, 2.05) is 0 Å². The van der Waals surface area contributed by atoms with Crippen molar-refractivity contribution < 1.29 is 4.74 Å². The van der Waals surface area contributed by atoms with Crippen LogP contribution in [0.2, 0.25) is 0 Å². The fourth-order valence-electron chi connectivity index (χ4n) is 2.66. The number of unbranched alkanes of at least 4 members (excludes halogenated alkanes) is 1. The van der Waals surface area contributed by atoms with Crippen LogP contribution in [0, 0.1) is 0 Å². The first-order valence-electron chi connectivity index (χ1n) is 8.01. The summed E-state index contributed by atoms with van der Waals surface area (Å²) >= 11 is 0. The summed E-state index contributed by atoms with van der Waals surface area (Å²) in [5.41, 5.74) is 1.34. The van der Waals surface area contributed by atoms with Gasteiger partial charge in [-0.15, -0.1) is 0 Å². The zero-order valence-electron chi connectivity index (χ0n) is 12.7. The van der Waals surface area contributed by atoms with Crippen LogP contribution in [0.1, 0.15) is 32.6 Å². The molecule has 1 aromatic carbocycles. The van der Waals surface area contributed by atoms with E-state index in [4.69, 9.17) is 4.74 Å². The van der Waals surface area contributed by atoms with Gasteiger partial charge < -0.3 is 15.0 Å². The molecule has 3 nitrogen and oxygen atoms in total. The van der Waals surface area contributed by atoms with Crippen molar-refractivity contribution >= 4 is 5.69 Å². The monoisotopic (exact) mass is 276 g/mol. The number of hydrogen-bond donors (Lipinski definition) is 1. The van der Waals surface area contributed by atoms with Gasteiger partial charge in [-0.3, -0.25) is 0 Å². The van der Waals surface area contributed by atoms with E-state index in [2.05, 4.69) is 47.5 Å². The molecule has 1 saturated heterocycles. The Bertz CT molecular complexity index is 349. The van der Waals surface area contributed by atoms with Crippen molar-refractivity contribution in [3.63, 3.8) is 0 Å². The molecular formula is C17H28N2O. The summed E-state index contributed by atoms with van der Waals surface area (Å²) in [4.78, 5) is 2.50. The van der Waals surface area contributed by atoms with Crippen molar-refractivity contribution in [3.05, 3.63) is 30.3 Å². The van der Waals surface area contributed by atoms with E-state index in [-0.39, 0.29) is 0 Å². The van der Waals surface area contributed by atoms with Crippen LogP contribution in [-0.4, -0.2) is 38.9 Å². The molecule has 0 bridgehead atoms. The molecular weight excluding hydrogens is 248 g/mol. The van der Waals surface area contributed by atoms with Gasteiger partial charge in [-0.05, 0) is 31.4 Å². The molecule has 0 atom stereocenters. The van der Waals surface area contributed by atoms with Crippen molar-refractivity contribution in [3.8, 4) is 0 Å². The van der Waals surface area contributed by atoms with Crippen molar-refractivity contribution in [2.24, 2.45) is 0 Å². The molecule has 0 amide bonds. The van der Waals surface area contributed by atoms with Gasteiger partial charge in [0.1, 0.15) is 0 Å². The van der Waals surface area contributed by atoms with Crippen molar-refractivity contribution in [2.75, 3.05) is 37.7 Å². The molecule has 0 spiro atoms. The molecule has 0 radical (unpaired) electrons. The van der Waals surface area contributed by atoms with E-state index < -0.39 is 0 Å². The van der Waals surface area contributed by atoms with Gasteiger partial charge >= 0.3 is 0 Å². The minimum Gasteiger partial charge on any atom is -0.381 e. The zero-order chi connectivity index (χ0) is 14.0. The van der Waals surface area contributed by atoms with E-state index in [1.54, 1.807) is 0 Å². The molecule has 1 heterocycles. The summed E-state index contributed by atoms with van der Waals surface area (Å²) < 4.78 is 5.40. The van der Waals surface area contributed by atoms with Gasteiger partial charge in [0.15, 0.2) is 0 Å². The maximum Gasteiger partial charge on any atom is 0.0480 e. The van der Waals surface area contributed by atoms with Crippen molar-refractivity contribution in [1.29, 1.82) is 0 Å².